The lowest BCUT2D eigenvalue weighted by Gasteiger charge is -2.21. The van der Waals surface area contributed by atoms with Crippen LogP contribution in [0, 0.1) is 5.92 Å². The van der Waals surface area contributed by atoms with Crippen LogP contribution in [0.3, 0.4) is 0 Å². The van der Waals surface area contributed by atoms with E-state index in [1.165, 1.54) is 40.7 Å². The third-order valence-electron chi connectivity index (χ3n) is 8.72. The molecule has 2 unspecified atom stereocenters. The minimum atomic E-state index is 0.0108. The summed E-state index contributed by atoms with van der Waals surface area (Å²) >= 11 is 3.69. The Kier molecular flexibility index (Phi) is 7.13. The molecule has 3 nitrogen and oxygen atoms in total. The van der Waals surface area contributed by atoms with E-state index in [-0.39, 0.29) is 12.0 Å². The molecule has 2 atom stereocenters. The van der Waals surface area contributed by atoms with E-state index in [9.17, 15) is 0 Å². The number of nitrogens with two attached hydrogens (primary N) is 1. The molecule has 7 aromatic rings. The first-order chi connectivity index (χ1) is 22.1. The second-order valence-electron chi connectivity index (χ2n) is 11.6. The zero-order valence-corrected chi connectivity index (χ0v) is 26.5. The third kappa shape index (κ3) is 5.28. The van der Waals surface area contributed by atoms with Crippen molar-refractivity contribution in [3.63, 3.8) is 0 Å². The van der Waals surface area contributed by atoms with Crippen molar-refractivity contribution in [1.29, 1.82) is 0 Å². The largest absolute Gasteiger partial charge is 0.383 e. The Morgan fingerprint density at radius 2 is 1.40 bits per heavy atom. The Balaban J connectivity index is 1.18. The molecule has 0 saturated carbocycles. The maximum absolute atomic E-state index is 6.79. The number of benzene rings is 5. The molecule has 0 bridgehead atoms. The molecule has 2 heterocycles. The SMILES string of the molecule is CC(N=C(N=C(N)c1ccc2c(c1)sc1ccccc12)c1cccc(-c2ccccc2)c1)C1C=Cc2c(sc3ccccc23)C1. The zero-order valence-electron chi connectivity index (χ0n) is 24.9. The second-order valence-corrected chi connectivity index (χ2v) is 13.8. The minimum Gasteiger partial charge on any atom is -0.383 e. The standard InChI is InChI=1S/C40H31N3S2/c1-25(27-18-20-33-31-14-5-7-16-35(31)44-37(33)23-27)42-40(30-13-9-12-28(22-30)26-10-3-2-4-11-26)43-39(41)29-19-21-34-32-15-6-8-17-36(32)45-38(34)24-29/h2-22,24-25,27H,23H2,1H3,(H2,41,42,43). The number of amidine groups is 2. The van der Waals surface area contributed by atoms with Crippen molar-refractivity contribution in [2.24, 2.45) is 21.6 Å². The van der Waals surface area contributed by atoms with E-state index in [0.29, 0.717) is 11.7 Å². The van der Waals surface area contributed by atoms with Crippen LogP contribution in [0.1, 0.15) is 28.5 Å². The first-order valence-electron chi connectivity index (χ1n) is 15.3. The molecule has 218 valence electrons. The lowest BCUT2D eigenvalue weighted by molar-refractivity contribution is 0.536. The lowest BCUT2D eigenvalue weighted by atomic mass is 9.89. The van der Waals surface area contributed by atoms with Gasteiger partial charge in [0.15, 0.2) is 5.84 Å². The predicted octanol–water partition coefficient (Wildman–Crippen LogP) is 10.4. The van der Waals surface area contributed by atoms with Gasteiger partial charge >= 0.3 is 0 Å². The van der Waals surface area contributed by atoms with Crippen LogP contribution in [-0.4, -0.2) is 17.7 Å². The number of thiophene rings is 2. The summed E-state index contributed by atoms with van der Waals surface area (Å²) in [7, 11) is 0. The Morgan fingerprint density at radius 3 is 2.24 bits per heavy atom. The van der Waals surface area contributed by atoms with Crippen LogP contribution in [0.4, 0.5) is 0 Å². The van der Waals surface area contributed by atoms with Gasteiger partial charge in [-0.3, -0.25) is 4.99 Å². The van der Waals surface area contributed by atoms with Crippen molar-refractivity contribution in [1.82, 2.24) is 0 Å². The molecule has 2 N–H and O–H groups in total. The van der Waals surface area contributed by atoms with Crippen molar-refractivity contribution in [3.05, 3.63) is 149 Å². The summed E-state index contributed by atoms with van der Waals surface area (Å²) in [5.74, 6) is 1.39. The van der Waals surface area contributed by atoms with Crippen LogP contribution in [0.15, 0.2) is 137 Å². The van der Waals surface area contributed by atoms with Crippen LogP contribution in [-0.2, 0) is 6.42 Å². The number of fused-ring (bicyclic) bond motifs is 6. The summed E-state index contributed by atoms with van der Waals surface area (Å²) < 4.78 is 3.82. The Morgan fingerprint density at radius 1 is 0.689 bits per heavy atom. The van der Waals surface area contributed by atoms with Gasteiger partial charge in [0, 0.05) is 46.8 Å². The number of hydrogen-bond acceptors (Lipinski definition) is 3. The van der Waals surface area contributed by atoms with E-state index in [2.05, 4.69) is 134 Å². The molecule has 1 aliphatic rings. The van der Waals surface area contributed by atoms with E-state index >= 15 is 0 Å². The number of hydrogen-bond donors (Lipinski definition) is 1. The van der Waals surface area contributed by atoms with Gasteiger partial charge in [0.05, 0.1) is 6.04 Å². The van der Waals surface area contributed by atoms with Crippen LogP contribution in [0.25, 0.3) is 47.5 Å². The van der Waals surface area contributed by atoms with E-state index in [0.717, 1.165) is 28.7 Å². The van der Waals surface area contributed by atoms with Crippen molar-refractivity contribution in [2.75, 3.05) is 0 Å². The van der Waals surface area contributed by atoms with E-state index in [4.69, 9.17) is 15.7 Å². The van der Waals surface area contributed by atoms with Crippen molar-refractivity contribution in [2.45, 2.75) is 19.4 Å². The van der Waals surface area contributed by atoms with Gasteiger partial charge < -0.3 is 5.73 Å². The molecule has 0 radical (unpaired) electrons. The first kappa shape index (κ1) is 27.7. The molecule has 0 fully saturated rings. The van der Waals surface area contributed by atoms with Gasteiger partial charge in [0.2, 0.25) is 0 Å². The summed E-state index contributed by atoms with van der Waals surface area (Å²) in [5, 5.41) is 3.86. The molecule has 1 aliphatic carbocycles. The van der Waals surface area contributed by atoms with Gasteiger partial charge in [0.25, 0.3) is 0 Å². The van der Waals surface area contributed by atoms with E-state index in [1.807, 2.05) is 17.4 Å². The summed E-state index contributed by atoms with van der Waals surface area (Å²) in [5.41, 5.74) is 12.3. The molecule has 0 amide bonds. The predicted molar refractivity (Wildman–Crippen MR) is 196 cm³/mol. The summed E-state index contributed by atoms with van der Waals surface area (Å²) in [6.07, 6.45) is 5.59. The number of aliphatic imine (C=N–C) groups is 2. The molecule has 2 aromatic heterocycles. The molecular weight excluding hydrogens is 587 g/mol. The second kappa shape index (κ2) is 11.6. The zero-order chi connectivity index (χ0) is 30.3. The quantitative estimate of drug-likeness (QED) is 0.152. The maximum Gasteiger partial charge on any atom is 0.157 e. The van der Waals surface area contributed by atoms with E-state index in [1.54, 1.807) is 11.3 Å². The maximum atomic E-state index is 6.79. The van der Waals surface area contributed by atoms with Gasteiger partial charge in [-0.15, -0.1) is 22.7 Å². The Bertz CT molecular complexity index is 2290. The highest BCUT2D eigenvalue weighted by Gasteiger charge is 2.23. The fourth-order valence-electron chi connectivity index (χ4n) is 6.27. The average Bonchev–Trinajstić information content (AvgIpc) is 3.66. The molecule has 5 heteroatoms. The lowest BCUT2D eigenvalue weighted by Crippen LogP contribution is -2.21. The van der Waals surface area contributed by atoms with Gasteiger partial charge in [-0.2, -0.15) is 0 Å². The highest BCUT2D eigenvalue weighted by molar-refractivity contribution is 7.25. The molecular formula is C40H31N3S2. The topological polar surface area (TPSA) is 50.7 Å². The van der Waals surface area contributed by atoms with Crippen LogP contribution < -0.4 is 5.73 Å². The fraction of sp³-hybridized carbons (Fsp3) is 0.100. The summed E-state index contributed by atoms with van der Waals surface area (Å²) in [6, 6.07) is 42.5. The minimum absolute atomic E-state index is 0.0108. The summed E-state index contributed by atoms with van der Waals surface area (Å²) in [4.78, 5) is 11.8. The van der Waals surface area contributed by atoms with Crippen LogP contribution in [0.2, 0.25) is 0 Å². The normalized spacial score (nSPS) is 16.0. The summed E-state index contributed by atoms with van der Waals surface area (Å²) in [6.45, 7) is 2.20. The van der Waals surface area contributed by atoms with Gasteiger partial charge in [-0.05, 0) is 59.7 Å². The Labute approximate surface area is 270 Å². The van der Waals surface area contributed by atoms with Crippen molar-refractivity contribution >= 4 is 70.7 Å². The van der Waals surface area contributed by atoms with Crippen LogP contribution >= 0.6 is 22.7 Å². The number of nitrogens with zero attached hydrogens (tertiary/aromatic N) is 2. The van der Waals surface area contributed by atoms with Gasteiger partial charge in [-0.1, -0.05) is 109 Å². The van der Waals surface area contributed by atoms with Gasteiger partial charge in [-0.25, -0.2) is 4.99 Å². The van der Waals surface area contributed by atoms with Crippen molar-refractivity contribution in [3.8, 4) is 11.1 Å². The van der Waals surface area contributed by atoms with Crippen molar-refractivity contribution < 1.29 is 0 Å². The van der Waals surface area contributed by atoms with Gasteiger partial charge in [0.1, 0.15) is 5.84 Å². The number of rotatable bonds is 5. The first-order valence-corrected chi connectivity index (χ1v) is 16.9. The van der Waals surface area contributed by atoms with E-state index < -0.39 is 0 Å². The average molecular weight is 618 g/mol. The molecule has 0 saturated heterocycles. The monoisotopic (exact) mass is 617 g/mol. The molecule has 0 spiro atoms. The highest BCUT2D eigenvalue weighted by Crippen LogP contribution is 2.38. The molecule has 8 rings (SSSR count). The molecule has 5 aromatic carbocycles. The molecule has 45 heavy (non-hydrogen) atoms. The Hall–Kier alpha value is -4.84. The highest BCUT2D eigenvalue weighted by atomic mass is 32.1. The fourth-order valence-corrected chi connectivity index (χ4v) is 8.68. The van der Waals surface area contributed by atoms with Crippen LogP contribution in [0.5, 0.6) is 0 Å². The third-order valence-corrected chi connectivity index (χ3v) is 11.1. The molecule has 0 aliphatic heterocycles. The smallest absolute Gasteiger partial charge is 0.157 e.